The Labute approximate surface area is 159 Å². The first kappa shape index (κ1) is 19.2. The van der Waals surface area contributed by atoms with Gasteiger partial charge in [-0.25, -0.2) is 0 Å². The fraction of sp³-hybridized carbons (Fsp3) is 0.600. The molecule has 3 rings (SSSR count). The third-order valence-electron chi connectivity index (χ3n) is 5.71. The predicted octanol–water partition coefficient (Wildman–Crippen LogP) is 2.70. The molecule has 1 N–H and O–H groups in total. The lowest BCUT2D eigenvalue weighted by atomic mass is 9.77. The van der Waals surface area contributed by atoms with Gasteiger partial charge in [-0.2, -0.15) is 0 Å². The van der Waals surface area contributed by atoms with E-state index in [0.29, 0.717) is 31.1 Å². The average molecular weight is 379 g/mol. The van der Waals surface area contributed by atoms with Gasteiger partial charge in [0.15, 0.2) is 0 Å². The van der Waals surface area contributed by atoms with Crippen LogP contribution in [0.5, 0.6) is 0 Å². The molecule has 142 valence electrons. The van der Waals surface area contributed by atoms with Crippen LogP contribution in [0.3, 0.4) is 0 Å². The Morgan fingerprint density at radius 2 is 1.85 bits per heavy atom. The summed E-state index contributed by atoms with van der Waals surface area (Å²) in [6.07, 6.45) is 1.24. The van der Waals surface area contributed by atoms with Gasteiger partial charge in [-0.1, -0.05) is 37.6 Å². The molecule has 2 fully saturated rings. The van der Waals surface area contributed by atoms with Gasteiger partial charge in [0.1, 0.15) is 6.10 Å². The number of nitrogens with zero attached hydrogens (tertiary/aromatic N) is 2. The molecule has 0 aliphatic carbocycles. The van der Waals surface area contributed by atoms with Gasteiger partial charge in [0.05, 0.1) is 0 Å². The van der Waals surface area contributed by atoms with Crippen LogP contribution >= 0.6 is 11.6 Å². The number of piperidine rings is 1. The number of rotatable bonds is 4. The van der Waals surface area contributed by atoms with Crippen molar-refractivity contribution in [3.8, 4) is 0 Å². The molecule has 2 heterocycles. The third-order valence-corrected chi connectivity index (χ3v) is 5.96. The summed E-state index contributed by atoms with van der Waals surface area (Å²) in [5, 5.41) is 10.7. The zero-order valence-corrected chi connectivity index (χ0v) is 16.2. The van der Waals surface area contributed by atoms with Gasteiger partial charge >= 0.3 is 0 Å². The highest BCUT2D eigenvalue weighted by Gasteiger charge is 2.45. The second-order valence-corrected chi connectivity index (χ2v) is 8.50. The van der Waals surface area contributed by atoms with Crippen molar-refractivity contribution >= 4 is 23.4 Å². The summed E-state index contributed by atoms with van der Waals surface area (Å²) >= 11 is 5.92. The number of carbonyl (C=O) groups excluding carboxylic acids is 2. The molecule has 0 radical (unpaired) electrons. The van der Waals surface area contributed by atoms with Crippen LogP contribution in [0.1, 0.15) is 38.7 Å². The summed E-state index contributed by atoms with van der Waals surface area (Å²) in [5.41, 5.74) is 1.04. The molecule has 6 heteroatoms. The quantitative estimate of drug-likeness (QED) is 0.876. The number of aliphatic hydroxyl groups is 1. The molecular formula is C20H27ClN2O3. The maximum atomic E-state index is 12.5. The minimum absolute atomic E-state index is 0.0386. The molecule has 1 aromatic rings. The second kappa shape index (κ2) is 7.57. The number of amides is 2. The maximum Gasteiger partial charge on any atom is 0.251 e. The summed E-state index contributed by atoms with van der Waals surface area (Å²) in [4.78, 5) is 28.5. The zero-order chi connectivity index (χ0) is 18.9. The van der Waals surface area contributed by atoms with E-state index >= 15 is 0 Å². The lowest BCUT2D eigenvalue weighted by molar-refractivity contribution is -0.144. The van der Waals surface area contributed by atoms with E-state index in [9.17, 15) is 14.7 Å². The molecule has 1 unspecified atom stereocenters. The fourth-order valence-corrected chi connectivity index (χ4v) is 4.07. The van der Waals surface area contributed by atoms with E-state index in [-0.39, 0.29) is 23.1 Å². The van der Waals surface area contributed by atoms with Crippen molar-refractivity contribution in [1.82, 2.24) is 9.80 Å². The van der Waals surface area contributed by atoms with Crippen molar-refractivity contribution in [2.45, 2.75) is 45.8 Å². The number of benzene rings is 1. The smallest absolute Gasteiger partial charge is 0.251 e. The first-order valence-electron chi connectivity index (χ1n) is 9.29. The molecular weight excluding hydrogens is 352 g/mol. The van der Waals surface area contributed by atoms with Crippen LogP contribution in [0.2, 0.25) is 5.02 Å². The van der Waals surface area contributed by atoms with Crippen LogP contribution in [-0.4, -0.2) is 52.5 Å². The fourth-order valence-electron chi connectivity index (χ4n) is 3.94. The molecule has 1 aromatic carbocycles. The van der Waals surface area contributed by atoms with E-state index < -0.39 is 6.10 Å². The second-order valence-electron chi connectivity index (χ2n) is 8.07. The highest BCUT2D eigenvalue weighted by molar-refractivity contribution is 6.30. The monoisotopic (exact) mass is 378 g/mol. The van der Waals surface area contributed by atoms with E-state index in [2.05, 4.69) is 0 Å². The lowest BCUT2D eigenvalue weighted by Gasteiger charge is -2.39. The first-order valence-corrected chi connectivity index (χ1v) is 9.66. The van der Waals surface area contributed by atoms with E-state index in [0.717, 1.165) is 24.9 Å². The van der Waals surface area contributed by atoms with Crippen molar-refractivity contribution in [2.24, 2.45) is 11.3 Å². The van der Waals surface area contributed by atoms with Crippen LogP contribution in [-0.2, 0) is 16.1 Å². The van der Waals surface area contributed by atoms with Crippen molar-refractivity contribution in [3.63, 3.8) is 0 Å². The van der Waals surface area contributed by atoms with Crippen molar-refractivity contribution in [2.75, 3.05) is 19.6 Å². The average Bonchev–Trinajstić information content (AvgIpc) is 2.91. The molecule has 1 atom stereocenters. The number of hydrogen-bond donors (Lipinski definition) is 1. The minimum Gasteiger partial charge on any atom is -0.383 e. The van der Waals surface area contributed by atoms with E-state index in [1.54, 1.807) is 4.90 Å². The van der Waals surface area contributed by atoms with Crippen molar-refractivity contribution in [1.29, 1.82) is 0 Å². The van der Waals surface area contributed by atoms with Crippen LogP contribution in [0, 0.1) is 11.3 Å². The van der Waals surface area contributed by atoms with Crippen LogP contribution in [0.25, 0.3) is 0 Å². The van der Waals surface area contributed by atoms with E-state index in [1.165, 1.54) is 0 Å². The van der Waals surface area contributed by atoms with E-state index in [1.807, 2.05) is 43.0 Å². The van der Waals surface area contributed by atoms with E-state index in [4.69, 9.17) is 11.6 Å². The Kier molecular flexibility index (Phi) is 5.58. The molecule has 1 spiro atoms. The van der Waals surface area contributed by atoms with Crippen molar-refractivity contribution in [3.05, 3.63) is 34.9 Å². The largest absolute Gasteiger partial charge is 0.383 e. The summed E-state index contributed by atoms with van der Waals surface area (Å²) in [6.45, 7) is 6.27. The van der Waals surface area contributed by atoms with Gasteiger partial charge in [-0.3, -0.25) is 9.59 Å². The highest BCUT2D eigenvalue weighted by Crippen LogP contribution is 2.41. The molecule has 5 nitrogen and oxygen atoms in total. The predicted molar refractivity (Wildman–Crippen MR) is 101 cm³/mol. The molecule has 2 saturated heterocycles. The number of aliphatic hydroxyl groups excluding tert-OH is 1. The minimum atomic E-state index is -0.935. The summed E-state index contributed by atoms with van der Waals surface area (Å²) in [6, 6.07) is 7.60. The number of hydrogen-bond acceptors (Lipinski definition) is 3. The number of carbonyl (C=O) groups is 2. The van der Waals surface area contributed by atoms with Crippen LogP contribution < -0.4 is 0 Å². The molecule has 2 amide bonds. The first-order chi connectivity index (χ1) is 12.3. The number of halogens is 1. The molecule has 0 bridgehead atoms. The third kappa shape index (κ3) is 4.04. The normalized spacial score (nSPS) is 20.9. The Balaban J connectivity index is 1.58. The van der Waals surface area contributed by atoms with Gasteiger partial charge in [0, 0.05) is 43.0 Å². The molecule has 0 saturated carbocycles. The zero-order valence-electron chi connectivity index (χ0n) is 15.4. The molecule has 2 aliphatic rings. The Hall–Kier alpha value is -1.59. The SMILES string of the molecule is CC(C)C(O)C(=O)N1CCC2(CC1)CC(=O)N(Cc1ccc(Cl)cc1)C2. The molecule has 26 heavy (non-hydrogen) atoms. The van der Waals surface area contributed by atoms with Crippen LogP contribution in [0.15, 0.2) is 24.3 Å². The Morgan fingerprint density at radius 1 is 1.23 bits per heavy atom. The van der Waals surface area contributed by atoms with Gasteiger partial charge < -0.3 is 14.9 Å². The standard InChI is InChI=1S/C20H27ClN2O3/c1-14(2)18(25)19(26)22-9-7-20(8-10-22)11-17(24)23(13-20)12-15-3-5-16(21)6-4-15/h3-6,14,18,25H,7-13H2,1-2H3. The van der Waals surface area contributed by atoms with Gasteiger partial charge in [0.2, 0.25) is 5.91 Å². The van der Waals surface area contributed by atoms with Gasteiger partial charge in [-0.05, 0) is 36.5 Å². The number of likely N-dealkylation sites (tertiary alicyclic amines) is 2. The Bertz CT molecular complexity index is 666. The Morgan fingerprint density at radius 3 is 2.42 bits per heavy atom. The summed E-state index contributed by atoms with van der Waals surface area (Å²) in [7, 11) is 0. The lowest BCUT2D eigenvalue weighted by Crippen LogP contribution is -2.48. The van der Waals surface area contributed by atoms with Gasteiger partial charge in [0.25, 0.3) is 5.91 Å². The van der Waals surface area contributed by atoms with Crippen molar-refractivity contribution < 1.29 is 14.7 Å². The van der Waals surface area contributed by atoms with Crippen LogP contribution in [0.4, 0.5) is 0 Å². The van der Waals surface area contributed by atoms with Gasteiger partial charge in [-0.15, -0.1) is 0 Å². The highest BCUT2D eigenvalue weighted by atomic mass is 35.5. The topological polar surface area (TPSA) is 60.9 Å². The maximum absolute atomic E-state index is 12.5. The molecule has 2 aliphatic heterocycles. The summed E-state index contributed by atoms with van der Waals surface area (Å²) in [5.74, 6) is -0.0829. The summed E-state index contributed by atoms with van der Waals surface area (Å²) < 4.78 is 0. The molecule has 0 aromatic heterocycles.